The summed E-state index contributed by atoms with van der Waals surface area (Å²) >= 11 is 5.85. The van der Waals surface area contributed by atoms with Crippen LogP contribution in [0.4, 0.5) is 0 Å². The maximum absolute atomic E-state index is 12.5. The summed E-state index contributed by atoms with van der Waals surface area (Å²) in [5, 5.41) is 0.576. The molecule has 1 aliphatic heterocycles. The third-order valence-electron chi connectivity index (χ3n) is 4.29. The number of ether oxygens (including phenoxy) is 3. The topological polar surface area (TPSA) is 61.8 Å². The van der Waals surface area contributed by atoms with Crippen LogP contribution in [0.1, 0.15) is 26.3 Å². The summed E-state index contributed by atoms with van der Waals surface area (Å²) in [7, 11) is 0. The fourth-order valence-corrected chi connectivity index (χ4v) is 2.90. The molecule has 0 saturated carbocycles. The van der Waals surface area contributed by atoms with Crippen molar-refractivity contribution in [3.63, 3.8) is 0 Å². The van der Waals surface area contributed by atoms with Crippen LogP contribution in [0.3, 0.4) is 0 Å². The summed E-state index contributed by atoms with van der Waals surface area (Å²) in [6.45, 7) is 0.0364. The van der Waals surface area contributed by atoms with Crippen molar-refractivity contribution < 1.29 is 23.8 Å². The number of carbonyl (C=O) groups excluding carboxylic acids is 2. The van der Waals surface area contributed by atoms with Crippen LogP contribution >= 0.6 is 11.6 Å². The normalized spacial score (nSPS) is 11.9. The third kappa shape index (κ3) is 3.85. The molecule has 0 unspecified atom stereocenters. The molecule has 0 saturated heterocycles. The van der Waals surface area contributed by atoms with E-state index in [-0.39, 0.29) is 25.0 Å². The van der Waals surface area contributed by atoms with Crippen LogP contribution in [0.15, 0.2) is 66.7 Å². The molecule has 1 heterocycles. The molecule has 6 heteroatoms. The quantitative estimate of drug-likeness (QED) is 0.573. The molecule has 140 valence electrons. The maximum Gasteiger partial charge on any atom is 0.231 e. The summed E-state index contributed by atoms with van der Waals surface area (Å²) in [5.41, 5.74) is 1.56. The molecule has 0 radical (unpaired) electrons. The van der Waals surface area contributed by atoms with Crippen LogP contribution in [-0.4, -0.2) is 25.0 Å². The second-order valence-electron chi connectivity index (χ2n) is 6.14. The van der Waals surface area contributed by atoms with Gasteiger partial charge < -0.3 is 14.2 Å². The summed E-state index contributed by atoms with van der Waals surface area (Å²) in [6.07, 6.45) is 0. The summed E-state index contributed by atoms with van der Waals surface area (Å²) < 4.78 is 16.1. The Morgan fingerprint density at radius 1 is 0.821 bits per heavy atom. The SMILES string of the molecule is O=C(COc1ccc(C(=O)c2ccc(Cl)cc2)cc1)c1ccc2c(c1)OCO2. The van der Waals surface area contributed by atoms with Crippen LogP contribution in [0, 0.1) is 0 Å². The fourth-order valence-electron chi connectivity index (χ4n) is 2.77. The average Bonchev–Trinajstić information content (AvgIpc) is 3.20. The highest BCUT2D eigenvalue weighted by molar-refractivity contribution is 6.30. The lowest BCUT2D eigenvalue weighted by Crippen LogP contribution is -2.11. The Hall–Kier alpha value is -3.31. The first-order valence-electron chi connectivity index (χ1n) is 8.56. The van der Waals surface area contributed by atoms with Crippen LogP contribution in [0.25, 0.3) is 0 Å². The first-order chi connectivity index (χ1) is 13.6. The molecule has 5 nitrogen and oxygen atoms in total. The Bertz CT molecular complexity index is 1030. The molecule has 3 aromatic rings. The summed E-state index contributed by atoms with van der Waals surface area (Å²) in [6, 6.07) is 18.4. The van der Waals surface area contributed by atoms with Crippen LogP contribution in [-0.2, 0) is 0 Å². The first kappa shape index (κ1) is 18.1. The number of hydrogen-bond acceptors (Lipinski definition) is 5. The minimum atomic E-state index is -0.181. The molecular formula is C22H15ClO5. The molecule has 4 rings (SSSR count). The smallest absolute Gasteiger partial charge is 0.231 e. The predicted octanol–water partition coefficient (Wildman–Crippen LogP) is 4.56. The van der Waals surface area contributed by atoms with E-state index in [0.29, 0.717) is 39.0 Å². The number of fused-ring (bicyclic) bond motifs is 1. The van der Waals surface area contributed by atoms with Gasteiger partial charge in [-0.3, -0.25) is 9.59 Å². The fraction of sp³-hybridized carbons (Fsp3) is 0.0909. The van der Waals surface area contributed by atoms with Crippen molar-refractivity contribution in [2.75, 3.05) is 13.4 Å². The van der Waals surface area contributed by atoms with Crippen molar-refractivity contribution in [1.29, 1.82) is 0 Å². The molecule has 0 aromatic heterocycles. The van der Waals surface area contributed by atoms with Gasteiger partial charge in [0.15, 0.2) is 29.7 Å². The van der Waals surface area contributed by atoms with E-state index in [2.05, 4.69) is 0 Å². The first-order valence-corrected chi connectivity index (χ1v) is 8.94. The Kier molecular flexibility index (Phi) is 5.00. The minimum Gasteiger partial charge on any atom is -0.485 e. The standard InChI is InChI=1S/C22H15ClO5/c23-17-6-1-14(2-7-17)22(25)15-3-8-18(9-4-15)26-12-19(24)16-5-10-20-21(11-16)28-13-27-20/h1-11H,12-13H2. The number of ketones is 2. The highest BCUT2D eigenvalue weighted by atomic mass is 35.5. The van der Waals surface area contributed by atoms with Gasteiger partial charge in [-0.15, -0.1) is 0 Å². The van der Waals surface area contributed by atoms with Crippen molar-refractivity contribution in [2.45, 2.75) is 0 Å². The molecule has 0 aliphatic carbocycles. The lowest BCUT2D eigenvalue weighted by Gasteiger charge is -2.07. The van der Waals surface area contributed by atoms with E-state index in [1.54, 1.807) is 66.7 Å². The van der Waals surface area contributed by atoms with Crippen molar-refractivity contribution >= 4 is 23.2 Å². The lowest BCUT2D eigenvalue weighted by atomic mass is 10.0. The molecule has 0 spiro atoms. The van der Waals surface area contributed by atoms with E-state index in [1.807, 2.05) is 0 Å². The van der Waals surface area contributed by atoms with Crippen LogP contribution in [0.2, 0.25) is 5.02 Å². The van der Waals surface area contributed by atoms with Gasteiger partial charge in [0.1, 0.15) is 5.75 Å². The molecule has 0 fully saturated rings. The van der Waals surface area contributed by atoms with Gasteiger partial charge in [0.2, 0.25) is 6.79 Å². The molecule has 28 heavy (non-hydrogen) atoms. The van der Waals surface area contributed by atoms with Gasteiger partial charge in [0, 0.05) is 21.7 Å². The number of hydrogen-bond donors (Lipinski definition) is 0. The van der Waals surface area contributed by atoms with E-state index >= 15 is 0 Å². The van der Waals surface area contributed by atoms with Gasteiger partial charge in [-0.05, 0) is 66.7 Å². The molecule has 0 bridgehead atoms. The zero-order chi connectivity index (χ0) is 19.5. The van der Waals surface area contributed by atoms with Crippen molar-refractivity contribution in [1.82, 2.24) is 0 Å². The second-order valence-corrected chi connectivity index (χ2v) is 6.58. The van der Waals surface area contributed by atoms with Crippen LogP contribution < -0.4 is 14.2 Å². The highest BCUT2D eigenvalue weighted by Crippen LogP contribution is 2.32. The molecule has 0 atom stereocenters. The Balaban J connectivity index is 1.38. The molecule has 1 aliphatic rings. The van der Waals surface area contributed by atoms with Crippen molar-refractivity contribution in [2.24, 2.45) is 0 Å². The van der Waals surface area contributed by atoms with E-state index in [0.717, 1.165) is 0 Å². The summed E-state index contributed by atoms with van der Waals surface area (Å²) in [5.74, 6) is 1.38. The molecular weight excluding hydrogens is 380 g/mol. The zero-order valence-electron chi connectivity index (χ0n) is 14.7. The minimum absolute atomic E-state index is 0.111. The third-order valence-corrected chi connectivity index (χ3v) is 4.54. The lowest BCUT2D eigenvalue weighted by molar-refractivity contribution is 0.0920. The van der Waals surface area contributed by atoms with E-state index in [4.69, 9.17) is 25.8 Å². The van der Waals surface area contributed by atoms with Crippen LogP contribution in [0.5, 0.6) is 17.2 Å². The Morgan fingerprint density at radius 2 is 1.43 bits per heavy atom. The average molecular weight is 395 g/mol. The Morgan fingerprint density at radius 3 is 2.14 bits per heavy atom. The molecule has 0 N–H and O–H groups in total. The largest absolute Gasteiger partial charge is 0.485 e. The highest BCUT2D eigenvalue weighted by Gasteiger charge is 2.16. The zero-order valence-corrected chi connectivity index (χ0v) is 15.4. The van der Waals surface area contributed by atoms with Gasteiger partial charge in [0.25, 0.3) is 0 Å². The number of carbonyl (C=O) groups is 2. The van der Waals surface area contributed by atoms with Crippen molar-refractivity contribution in [3.8, 4) is 17.2 Å². The molecule has 3 aromatic carbocycles. The predicted molar refractivity (Wildman–Crippen MR) is 104 cm³/mol. The van der Waals surface area contributed by atoms with Crippen molar-refractivity contribution in [3.05, 3.63) is 88.4 Å². The van der Waals surface area contributed by atoms with Gasteiger partial charge in [-0.1, -0.05) is 11.6 Å². The second kappa shape index (κ2) is 7.74. The molecule has 0 amide bonds. The number of Topliss-reactive ketones (excluding diaryl/α,β-unsaturated/α-hetero) is 1. The van der Waals surface area contributed by atoms with Gasteiger partial charge in [-0.2, -0.15) is 0 Å². The van der Waals surface area contributed by atoms with E-state index in [9.17, 15) is 9.59 Å². The Labute approximate surface area is 166 Å². The van der Waals surface area contributed by atoms with E-state index < -0.39 is 0 Å². The van der Waals surface area contributed by atoms with Gasteiger partial charge in [0.05, 0.1) is 0 Å². The van der Waals surface area contributed by atoms with Gasteiger partial charge in [-0.25, -0.2) is 0 Å². The monoisotopic (exact) mass is 394 g/mol. The number of benzene rings is 3. The van der Waals surface area contributed by atoms with Gasteiger partial charge >= 0.3 is 0 Å². The number of rotatable bonds is 6. The van der Waals surface area contributed by atoms with E-state index in [1.165, 1.54) is 0 Å². The summed E-state index contributed by atoms with van der Waals surface area (Å²) in [4.78, 5) is 24.8. The number of halogens is 1. The maximum atomic E-state index is 12.5.